The highest BCUT2D eigenvalue weighted by molar-refractivity contribution is 5.57. The Morgan fingerprint density at radius 3 is 3.08 bits per heavy atom. The molecule has 0 spiro atoms. The molecule has 2 aromatic heterocycles. The molecule has 0 atom stereocenters. The van der Waals surface area contributed by atoms with Crippen LogP contribution in [-0.2, 0) is 13.6 Å². The molecule has 5 nitrogen and oxygen atoms in total. The molecule has 0 saturated heterocycles. The lowest BCUT2D eigenvalue weighted by Gasteiger charge is -1.92. The van der Waals surface area contributed by atoms with E-state index >= 15 is 0 Å². The first-order chi connectivity index (χ1) is 6.31. The van der Waals surface area contributed by atoms with Gasteiger partial charge in [0.1, 0.15) is 5.69 Å². The van der Waals surface area contributed by atoms with E-state index in [9.17, 15) is 0 Å². The number of oxazole rings is 1. The van der Waals surface area contributed by atoms with Crippen LogP contribution in [0.3, 0.4) is 0 Å². The summed E-state index contributed by atoms with van der Waals surface area (Å²) in [6, 6.07) is 0. The van der Waals surface area contributed by atoms with Crippen molar-refractivity contribution < 1.29 is 4.42 Å². The summed E-state index contributed by atoms with van der Waals surface area (Å²) in [4.78, 5) is 3.99. The maximum absolute atomic E-state index is 5.49. The van der Waals surface area contributed by atoms with Crippen molar-refractivity contribution in [2.75, 3.05) is 0 Å². The summed E-state index contributed by atoms with van der Waals surface area (Å²) in [7, 11) is 1.85. The molecule has 0 fully saturated rings. The molecule has 5 heteroatoms. The van der Waals surface area contributed by atoms with Gasteiger partial charge in [-0.1, -0.05) is 0 Å². The Labute approximate surface area is 75.2 Å². The van der Waals surface area contributed by atoms with Crippen molar-refractivity contribution in [3.63, 3.8) is 0 Å². The van der Waals surface area contributed by atoms with Crippen LogP contribution < -0.4 is 5.73 Å². The van der Waals surface area contributed by atoms with Crippen LogP contribution in [0.1, 0.15) is 5.69 Å². The van der Waals surface area contributed by atoms with Crippen molar-refractivity contribution in [2.45, 2.75) is 6.54 Å². The predicted octanol–water partition coefficient (Wildman–Crippen LogP) is 0.534. The first-order valence-electron chi connectivity index (χ1n) is 3.92. The highest BCUT2D eigenvalue weighted by atomic mass is 16.3. The quantitative estimate of drug-likeness (QED) is 0.728. The molecular weight excluding hydrogens is 168 g/mol. The lowest BCUT2D eigenvalue weighted by molar-refractivity contribution is 0.571. The van der Waals surface area contributed by atoms with Crippen LogP contribution in [0.15, 0.2) is 23.2 Å². The van der Waals surface area contributed by atoms with Gasteiger partial charge in [0, 0.05) is 19.8 Å². The Hall–Kier alpha value is -1.62. The van der Waals surface area contributed by atoms with Gasteiger partial charge in [0.2, 0.25) is 0 Å². The highest BCUT2D eigenvalue weighted by Crippen LogP contribution is 2.21. The number of aryl methyl sites for hydroxylation is 1. The molecule has 0 saturated carbocycles. The van der Waals surface area contributed by atoms with Crippen molar-refractivity contribution in [1.82, 2.24) is 14.8 Å². The molecule has 2 rings (SSSR count). The molecule has 68 valence electrons. The molecule has 0 aliphatic heterocycles. The van der Waals surface area contributed by atoms with Gasteiger partial charge in [-0.25, -0.2) is 4.98 Å². The molecule has 0 aliphatic rings. The van der Waals surface area contributed by atoms with Gasteiger partial charge in [-0.3, -0.25) is 4.68 Å². The second kappa shape index (κ2) is 3.02. The molecule has 2 N–H and O–H groups in total. The summed E-state index contributed by atoms with van der Waals surface area (Å²) in [5.74, 6) is 0.704. The van der Waals surface area contributed by atoms with E-state index in [2.05, 4.69) is 10.1 Å². The van der Waals surface area contributed by atoms with Gasteiger partial charge in [0.05, 0.1) is 11.8 Å². The van der Waals surface area contributed by atoms with Gasteiger partial charge >= 0.3 is 0 Å². The normalized spacial score (nSPS) is 10.6. The number of hydrogen-bond acceptors (Lipinski definition) is 4. The zero-order valence-corrected chi connectivity index (χ0v) is 7.27. The molecule has 0 amide bonds. The van der Waals surface area contributed by atoms with Gasteiger partial charge < -0.3 is 10.2 Å². The topological polar surface area (TPSA) is 69.9 Å². The predicted molar refractivity (Wildman–Crippen MR) is 46.6 cm³/mol. The van der Waals surface area contributed by atoms with Crippen molar-refractivity contribution in [2.24, 2.45) is 12.8 Å². The number of nitrogens with two attached hydrogens (primary N) is 1. The zero-order valence-electron chi connectivity index (χ0n) is 7.27. The third-order valence-corrected chi connectivity index (χ3v) is 1.80. The lowest BCUT2D eigenvalue weighted by Crippen LogP contribution is -1.97. The minimum absolute atomic E-state index is 0.376. The van der Waals surface area contributed by atoms with E-state index in [1.165, 1.54) is 6.39 Å². The second-order valence-corrected chi connectivity index (χ2v) is 2.73. The van der Waals surface area contributed by atoms with E-state index in [-0.39, 0.29) is 0 Å². The highest BCUT2D eigenvalue weighted by Gasteiger charge is 2.10. The van der Waals surface area contributed by atoms with E-state index < -0.39 is 0 Å². The van der Waals surface area contributed by atoms with Crippen LogP contribution in [0.4, 0.5) is 0 Å². The third kappa shape index (κ3) is 1.33. The molecule has 0 bridgehead atoms. The molecule has 0 aromatic carbocycles. The summed E-state index contributed by atoms with van der Waals surface area (Å²) < 4.78 is 6.92. The van der Waals surface area contributed by atoms with Gasteiger partial charge in [-0.15, -0.1) is 0 Å². The fraction of sp³-hybridized carbons (Fsp3) is 0.250. The van der Waals surface area contributed by atoms with Crippen LogP contribution >= 0.6 is 0 Å². The maximum atomic E-state index is 5.49. The Kier molecular flexibility index (Phi) is 1.86. The largest absolute Gasteiger partial charge is 0.443 e. The van der Waals surface area contributed by atoms with Crippen molar-refractivity contribution in [3.05, 3.63) is 24.5 Å². The summed E-state index contributed by atoms with van der Waals surface area (Å²) in [5.41, 5.74) is 7.15. The molecular formula is C8H10N4O. The van der Waals surface area contributed by atoms with Crippen molar-refractivity contribution in [1.29, 1.82) is 0 Å². The van der Waals surface area contributed by atoms with E-state index in [1.807, 2.05) is 13.2 Å². The Morgan fingerprint density at radius 1 is 1.62 bits per heavy atom. The zero-order chi connectivity index (χ0) is 9.26. The fourth-order valence-electron chi connectivity index (χ4n) is 1.19. The molecule has 2 heterocycles. The average Bonchev–Trinajstić information content (AvgIpc) is 2.71. The van der Waals surface area contributed by atoms with Crippen LogP contribution in [0.2, 0.25) is 0 Å². The standard InChI is InChI=1S/C8H10N4O/c1-12-4-6(3-11-12)8-7(2-9)10-5-13-8/h3-5H,2,9H2,1H3. The molecule has 0 radical (unpaired) electrons. The smallest absolute Gasteiger partial charge is 0.181 e. The van der Waals surface area contributed by atoms with Crippen LogP contribution in [0.5, 0.6) is 0 Å². The average molecular weight is 178 g/mol. The van der Waals surface area contributed by atoms with Crippen molar-refractivity contribution >= 4 is 0 Å². The number of rotatable bonds is 2. The van der Waals surface area contributed by atoms with Gasteiger partial charge in [-0.2, -0.15) is 5.10 Å². The molecule has 13 heavy (non-hydrogen) atoms. The van der Waals surface area contributed by atoms with Gasteiger partial charge in [0.15, 0.2) is 12.2 Å². The maximum Gasteiger partial charge on any atom is 0.181 e. The monoisotopic (exact) mass is 178 g/mol. The second-order valence-electron chi connectivity index (χ2n) is 2.73. The number of hydrogen-bond donors (Lipinski definition) is 1. The Balaban J connectivity index is 2.45. The first-order valence-corrected chi connectivity index (χ1v) is 3.92. The van der Waals surface area contributed by atoms with E-state index in [0.717, 1.165) is 11.3 Å². The first kappa shape index (κ1) is 8.00. The van der Waals surface area contributed by atoms with Crippen LogP contribution in [0.25, 0.3) is 11.3 Å². The van der Waals surface area contributed by atoms with E-state index in [1.54, 1.807) is 10.9 Å². The molecule has 0 unspecified atom stereocenters. The molecule has 2 aromatic rings. The number of nitrogens with zero attached hydrogens (tertiary/aromatic N) is 3. The third-order valence-electron chi connectivity index (χ3n) is 1.80. The summed E-state index contributed by atoms with van der Waals surface area (Å²) in [5, 5.41) is 4.04. The minimum atomic E-state index is 0.376. The van der Waals surface area contributed by atoms with Crippen molar-refractivity contribution in [3.8, 4) is 11.3 Å². The molecule has 0 aliphatic carbocycles. The van der Waals surface area contributed by atoms with Crippen LogP contribution in [-0.4, -0.2) is 14.8 Å². The SMILES string of the molecule is Cn1cc(-c2ocnc2CN)cn1. The minimum Gasteiger partial charge on any atom is -0.443 e. The fourth-order valence-corrected chi connectivity index (χ4v) is 1.19. The van der Waals surface area contributed by atoms with Gasteiger partial charge in [-0.05, 0) is 0 Å². The lowest BCUT2D eigenvalue weighted by atomic mass is 10.2. The van der Waals surface area contributed by atoms with E-state index in [4.69, 9.17) is 10.2 Å². The summed E-state index contributed by atoms with van der Waals surface area (Å²) >= 11 is 0. The summed E-state index contributed by atoms with van der Waals surface area (Å²) in [6.45, 7) is 0.376. The van der Waals surface area contributed by atoms with E-state index in [0.29, 0.717) is 12.3 Å². The van der Waals surface area contributed by atoms with Gasteiger partial charge in [0.25, 0.3) is 0 Å². The summed E-state index contributed by atoms with van der Waals surface area (Å²) in [6.07, 6.45) is 4.98. The van der Waals surface area contributed by atoms with Crippen LogP contribution in [0, 0.1) is 0 Å². The Bertz CT molecular complexity index is 404. The number of aromatic nitrogens is 3. The Morgan fingerprint density at radius 2 is 2.46 bits per heavy atom.